The zero-order valence-corrected chi connectivity index (χ0v) is 50.0. The van der Waals surface area contributed by atoms with Gasteiger partial charge in [-0.25, -0.2) is 0 Å². The molecule has 7 aromatic carbocycles. The van der Waals surface area contributed by atoms with E-state index in [1.165, 1.54) is 54.4 Å². The van der Waals surface area contributed by atoms with Crippen LogP contribution in [0.25, 0.3) is 82.5 Å². The van der Waals surface area contributed by atoms with Gasteiger partial charge in [-0.2, -0.15) is 0 Å². The number of hydrogen-bond acceptors (Lipinski definition) is 8. The number of carbonyl (C=O) groups is 1. The van der Waals surface area contributed by atoms with E-state index < -0.39 is 38.3 Å². The van der Waals surface area contributed by atoms with E-state index in [0.29, 0.717) is 0 Å². The van der Waals surface area contributed by atoms with E-state index in [4.69, 9.17) is 37.8 Å². The van der Waals surface area contributed by atoms with E-state index in [0.717, 1.165) is 40.5 Å². The molecular formula is C62H65B3KN3O8. The van der Waals surface area contributed by atoms with Crippen molar-refractivity contribution < 1.29 is 89.2 Å². The Morgan fingerprint density at radius 3 is 1.04 bits per heavy atom. The molecule has 0 radical (unpaired) electrons. The van der Waals surface area contributed by atoms with Crippen molar-refractivity contribution >= 4 is 98.0 Å². The normalized spacial score (nSPS) is 18.7. The Balaban J connectivity index is 0.000000246. The van der Waals surface area contributed by atoms with Gasteiger partial charge in [-0.15, -0.1) is 0 Å². The molecule has 15 heteroatoms. The quantitative estimate of drug-likeness (QED) is 0.157. The van der Waals surface area contributed by atoms with Crippen molar-refractivity contribution in [3.8, 4) is 17.1 Å². The van der Waals surface area contributed by atoms with Crippen LogP contribution >= 0.6 is 0 Å². The van der Waals surface area contributed by atoms with Gasteiger partial charge in [0.15, 0.2) is 0 Å². The van der Waals surface area contributed by atoms with Crippen LogP contribution in [0.3, 0.4) is 0 Å². The molecule has 0 spiro atoms. The molecule has 3 fully saturated rings. The van der Waals surface area contributed by atoms with Crippen LogP contribution in [0.5, 0.6) is 0 Å². The second-order valence-electron chi connectivity index (χ2n) is 23.4. The third-order valence-electron chi connectivity index (χ3n) is 16.8. The van der Waals surface area contributed by atoms with Gasteiger partial charge >= 0.3 is 72.5 Å². The maximum atomic E-state index is 8.89. The van der Waals surface area contributed by atoms with Crippen LogP contribution in [0, 0.1) is 0 Å². The minimum Gasteiger partial charge on any atom is -0.550 e. The van der Waals surface area contributed by atoms with Gasteiger partial charge in [0.25, 0.3) is 0 Å². The van der Waals surface area contributed by atoms with Crippen LogP contribution in [-0.2, 0) is 32.7 Å². The van der Waals surface area contributed by atoms with Crippen molar-refractivity contribution in [2.45, 2.75) is 124 Å². The Morgan fingerprint density at radius 2 is 0.675 bits per heavy atom. The summed E-state index contributed by atoms with van der Waals surface area (Å²) in [7, 11) is -1.41. The zero-order valence-electron chi connectivity index (χ0n) is 46.9. The topological polar surface area (TPSA) is 110 Å². The molecule has 0 unspecified atom stereocenters. The third kappa shape index (κ3) is 9.46. The molecule has 3 aliphatic rings. The molecule has 0 N–H and O–H groups in total. The van der Waals surface area contributed by atoms with Crippen LogP contribution in [-0.4, -0.2) is 74.4 Å². The molecule has 3 aliphatic heterocycles. The molecule has 13 rings (SSSR count). The summed E-state index contributed by atoms with van der Waals surface area (Å²) in [4.78, 5) is 8.89. The predicted molar refractivity (Wildman–Crippen MR) is 308 cm³/mol. The van der Waals surface area contributed by atoms with Crippen LogP contribution in [0.4, 0.5) is 0 Å². The van der Waals surface area contributed by atoms with E-state index in [-0.39, 0.29) is 73.8 Å². The molecule has 0 saturated carbocycles. The van der Waals surface area contributed by atoms with E-state index in [1.807, 2.05) is 55.4 Å². The number of aliphatic carboxylic acids is 1. The van der Waals surface area contributed by atoms with Gasteiger partial charge < -0.3 is 51.5 Å². The number of aromatic nitrogens is 3. The number of carbonyl (C=O) groups excluding carboxylic acids is 1. The number of fused-ring (bicyclic) bond motifs is 9. The number of nitrogens with zero attached hydrogens (tertiary/aromatic N) is 3. The van der Waals surface area contributed by atoms with Gasteiger partial charge in [-0.3, -0.25) is 0 Å². The fourth-order valence-electron chi connectivity index (χ4n) is 10.8. The molecule has 3 saturated heterocycles. The number of carboxylic acids is 1. The Bertz CT molecular complexity index is 3720. The molecule has 10 aromatic rings. The predicted octanol–water partition coefficient (Wildman–Crippen LogP) is 9.29. The van der Waals surface area contributed by atoms with Gasteiger partial charge in [-0.1, -0.05) is 103 Å². The number of para-hydroxylation sites is 5. The van der Waals surface area contributed by atoms with Gasteiger partial charge in [0.05, 0.1) is 78.1 Å². The third-order valence-corrected chi connectivity index (χ3v) is 16.8. The zero-order chi connectivity index (χ0) is 53.9. The standard InChI is InChI=1S/C48H38BN3O2.C12H24B2O4.C2H4O2.K/c1-47(2)48(3,4)54-49(53-47)31-16-15-17-32(28-31)50-39-23-10-9-22-37(39)38-29-45(51-40-24-11-5-18-33(40)34-19-6-12-25-41(34)51)46(30-44(38)50)52-42-26-13-7-20-35(42)36-21-8-14-27-43(36)52;1-9(2)10(3,4)16-13(15-9)14-17-11(5,6)12(7,8)18-14;1-2(3)4;/h5-30H,1-4H3;1-8H3;1H3,(H,3,4);/q;;;+1/p-1. The maximum absolute atomic E-state index is 8.89. The first kappa shape index (κ1) is 55.3. The second kappa shape index (κ2) is 20.0. The van der Waals surface area contributed by atoms with Crippen molar-refractivity contribution in [3.05, 3.63) is 158 Å². The van der Waals surface area contributed by atoms with Crippen molar-refractivity contribution in [3.63, 3.8) is 0 Å². The van der Waals surface area contributed by atoms with Gasteiger partial charge in [0, 0.05) is 44.0 Å². The molecule has 0 bridgehead atoms. The Morgan fingerprint density at radius 1 is 0.377 bits per heavy atom. The molecule has 0 aliphatic carbocycles. The smallest absolute Gasteiger partial charge is 0.550 e. The summed E-state index contributed by atoms with van der Waals surface area (Å²) < 4.78 is 44.3. The van der Waals surface area contributed by atoms with Gasteiger partial charge in [-0.05, 0) is 150 Å². The summed E-state index contributed by atoms with van der Waals surface area (Å²) in [5.74, 6) is -1.08. The molecule has 3 aromatic heterocycles. The summed E-state index contributed by atoms with van der Waals surface area (Å²) in [6, 6.07) is 57.4. The SMILES string of the molecule is CC(=O)[O-].CC1(C)OB(B2OC(C)(C)C(C)(C)O2)OC1(C)C.CC1(C)OB(c2cccc(-n3c4ccccc4c4cc(-n5c6ccccc6c6ccccc65)c(-n5c6ccccc6c6ccccc65)cc43)c2)OC1(C)C.[K+]. The summed E-state index contributed by atoms with van der Waals surface area (Å²) in [6.45, 7) is 25.6. The van der Waals surface area contributed by atoms with Crippen molar-refractivity contribution in [1.82, 2.24) is 13.7 Å². The number of benzene rings is 7. The molecule has 6 heterocycles. The van der Waals surface area contributed by atoms with Crippen molar-refractivity contribution in [1.29, 1.82) is 0 Å². The van der Waals surface area contributed by atoms with E-state index in [1.54, 1.807) is 0 Å². The fraction of sp³-hybridized carbons (Fsp3) is 0.306. The summed E-state index contributed by atoms with van der Waals surface area (Å²) in [5.41, 5.74) is 8.97. The van der Waals surface area contributed by atoms with E-state index in [2.05, 4.69) is 199 Å². The van der Waals surface area contributed by atoms with Crippen LogP contribution < -0.4 is 62.0 Å². The van der Waals surface area contributed by atoms with Gasteiger partial charge in [0.1, 0.15) is 0 Å². The molecule has 0 atom stereocenters. The van der Waals surface area contributed by atoms with Gasteiger partial charge in [0.2, 0.25) is 0 Å². The largest absolute Gasteiger partial charge is 1.00 e. The molecule has 77 heavy (non-hydrogen) atoms. The van der Waals surface area contributed by atoms with Crippen LogP contribution in [0.15, 0.2) is 158 Å². The van der Waals surface area contributed by atoms with E-state index >= 15 is 0 Å². The molecule has 0 amide bonds. The van der Waals surface area contributed by atoms with Crippen molar-refractivity contribution in [2.24, 2.45) is 0 Å². The summed E-state index contributed by atoms with van der Waals surface area (Å²) in [5, 5.41) is 16.2. The second-order valence-corrected chi connectivity index (χ2v) is 23.4. The Hall–Kier alpha value is -5.00. The van der Waals surface area contributed by atoms with Crippen LogP contribution in [0.2, 0.25) is 0 Å². The molecule has 386 valence electrons. The first-order chi connectivity index (χ1) is 35.9. The average molecular weight is 1050 g/mol. The Labute approximate surface area is 494 Å². The monoisotopic (exact) mass is 1050 g/mol. The number of hydrogen-bond donors (Lipinski definition) is 0. The molecular weight excluding hydrogens is 986 g/mol. The van der Waals surface area contributed by atoms with Crippen LogP contribution in [0.1, 0.15) is 90.0 Å². The first-order valence-electron chi connectivity index (χ1n) is 26.3. The van der Waals surface area contributed by atoms with E-state index in [9.17, 15) is 0 Å². The summed E-state index contributed by atoms with van der Waals surface area (Å²) in [6.07, 6.45) is 0. The minimum atomic E-state index is -1.08. The maximum Gasteiger partial charge on any atom is 1.00 e. The molecule has 11 nitrogen and oxygen atoms in total. The van der Waals surface area contributed by atoms with Crippen molar-refractivity contribution in [2.75, 3.05) is 0 Å². The summed E-state index contributed by atoms with van der Waals surface area (Å²) >= 11 is 0. The first-order valence-corrected chi connectivity index (χ1v) is 26.3. The average Bonchev–Trinajstić information content (AvgIpc) is 4.27. The Kier molecular flexibility index (Phi) is 14.3. The number of rotatable bonds is 5. The number of carboxylic acid groups (broad SMARTS) is 1. The fourth-order valence-corrected chi connectivity index (χ4v) is 10.8. The minimum absolute atomic E-state index is 0.